The average molecular weight is 771 g/mol. The van der Waals surface area contributed by atoms with Gasteiger partial charge in [0, 0.05) is 32.5 Å². The summed E-state index contributed by atoms with van der Waals surface area (Å²) in [6.07, 6.45) is 3.84. The second-order valence-corrected chi connectivity index (χ2v) is 14.6. The van der Waals surface area contributed by atoms with Gasteiger partial charge in [0.2, 0.25) is 0 Å². The predicted molar refractivity (Wildman–Crippen MR) is 186 cm³/mol. The van der Waals surface area contributed by atoms with Gasteiger partial charge in [-0.05, 0) is 76.7 Å². The first-order valence-corrected chi connectivity index (χ1v) is 15.7. The number of aryl methyl sites for hydroxylation is 4. The minimum absolute atomic E-state index is 0. The SMILES string of the molecule is Cc1c[c-]c(-c2cc(C)c(C)cn2)cc1.Cc1ccc2c(c1)C(C)(C)C(C)(C)c1c[c-]c(-c3cc(C(C)(C)C)ccn3)cc1-2.[Ir]. The van der Waals surface area contributed by atoms with E-state index in [4.69, 9.17) is 0 Å². The Morgan fingerprint density at radius 2 is 1.24 bits per heavy atom. The van der Waals surface area contributed by atoms with E-state index >= 15 is 0 Å². The molecule has 235 valence electrons. The molecular weight excluding hydrogens is 725 g/mol. The van der Waals surface area contributed by atoms with Gasteiger partial charge in [-0.25, -0.2) is 0 Å². The molecular formula is C42H46IrN2-2. The van der Waals surface area contributed by atoms with E-state index in [9.17, 15) is 0 Å². The number of hydrogen-bond acceptors (Lipinski definition) is 2. The molecule has 3 heteroatoms. The van der Waals surface area contributed by atoms with Gasteiger partial charge in [-0.1, -0.05) is 102 Å². The Morgan fingerprint density at radius 3 is 1.89 bits per heavy atom. The number of aromatic nitrogens is 2. The van der Waals surface area contributed by atoms with Crippen molar-refractivity contribution in [3.63, 3.8) is 0 Å². The Labute approximate surface area is 285 Å². The topological polar surface area (TPSA) is 25.8 Å². The summed E-state index contributed by atoms with van der Waals surface area (Å²) in [6, 6.07) is 30.8. The van der Waals surface area contributed by atoms with Crippen molar-refractivity contribution in [2.75, 3.05) is 0 Å². The molecule has 0 saturated heterocycles. The van der Waals surface area contributed by atoms with E-state index in [1.54, 1.807) is 0 Å². The smallest absolute Gasteiger partial charge is 0.0192 e. The van der Waals surface area contributed by atoms with Crippen molar-refractivity contribution in [2.24, 2.45) is 0 Å². The molecule has 0 fully saturated rings. The van der Waals surface area contributed by atoms with E-state index < -0.39 is 0 Å². The van der Waals surface area contributed by atoms with Crippen molar-refractivity contribution >= 4 is 0 Å². The fraction of sp³-hybridized carbons (Fsp3) is 0.333. The summed E-state index contributed by atoms with van der Waals surface area (Å²) in [7, 11) is 0. The monoisotopic (exact) mass is 771 g/mol. The molecule has 2 nitrogen and oxygen atoms in total. The van der Waals surface area contributed by atoms with Crippen LogP contribution in [0.4, 0.5) is 0 Å². The third kappa shape index (κ3) is 6.76. The van der Waals surface area contributed by atoms with Crippen molar-refractivity contribution in [3.8, 4) is 33.6 Å². The van der Waals surface area contributed by atoms with E-state index in [1.807, 2.05) is 18.5 Å². The molecule has 1 aliphatic carbocycles. The van der Waals surface area contributed by atoms with Crippen molar-refractivity contribution in [1.29, 1.82) is 0 Å². The molecule has 45 heavy (non-hydrogen) atoms. The van der Waals surface area contributed by atoms with E-state index in [1.165, 1.54) is 50.1 Å². The van der Waals surface area contributed by atoms with Crippen LogP contribution in [0.25, 0.3) is 33.6 Å². The van der Waals surface area contributed by atoms with Crippen LogP contribution < -0.4 is 0 Å². The zero-order valence-electron chi connectivity index (χ0n) is 28.7. The molecule has 3 aromatic carbocycles. The molecule has 0 amide bonds. The van der Waals surface area contributed by atoms with Gasteiger partial charge in [0.05, 0.1) is 0 Å². The predicted octanol–water partition coefficient (Wildman–Crippen LogP) is 10.9. The van der Waals surface area contributed by atoms with Crippen LogP contribution in [0.15, 0.2) is 79.1 Å². The molecule has 2 aromatic heterocycles. The number of hydrogen-bond donors (Lipinski definition) is 0. The van der Waals surface area contributed by atoms with Crippen LogP contribution in [-0.2, 0) is 36.4 Å². The molecule has 2 heterocycles. The van der Waals surface area contributed by atoms with Gasteiger partial charge in [0.1, 0.15) is 0 Å². The van der Waals surface area contributed by atoms with Crippen molar-refractivity contribution in [2.45, 2.75) is 92.4 Å². The number of nitrogens with zero attached hydrogens (tertiary/aromatic N) is 2. The third-order valence-corrected chi connectivity index (χ3v) is 9.84. The maximum atomic E-state index is 4.68. The second kappa shape index (κ2) is 12.8. The van der Waals surface area contributed by atoms with Crippen LogP contribution in [0.5, 0.6) is 0 Å². The molecule has 0 spiro atoms. The number of benzene rings is 3. The molecule has 0 saturated carbocycles. The van der Waals surface area contributed by atoms with Gasteiger partial charge in [-0.15, -0.1) is 64.7 Å². The maximum absolute atomic E-state index is 4.68. The normalized spacial score (nSPS) is 14.3. The summed E-state index contributed by atoms with van der Waals surface area (Å²) in [5.41, 5.74) is 16.1. The fourth-order valence-corrected chi connectivity index (χ4v) is 5.94. The van der Waals surface area contributed by atoms with Gasteiger partial charge in [-0.3, -0.25) is 0 Å². The molecule has 1 aliphatic rings. The molecule has 0 atom stereocenters. The number of pyridine rings is 2. The largest absolute Gasteiger partial charge is 0.305 e. The molecule has 0 unspecified atom stereocenters. The average Bonchev–Trinajstić information content (AvgIpc) is 2.98. The fourth-order valence-electron chi connectivity index (χ4n) is 5.94. The first-order valence-electron chi connectivity index (χ1n) is 15.7. The maximum Gasteiger partial charge on any atom is 0.0192 e. The van der Waals surface area contributed by atoms with Crippen LogP contribution in [0.1, 0.15) is 87.4 Å². The molecule has 6 rings (SSSR count). The zero-order chi connectivity index (χ0) is 32.0. The number of rotatable bonds is 2. The molecule has 0 N–H and O–H groups in total. The Morgan fingerprint density at radius 1 is 0.600 bits per heavy atom. The summed E-state index contributed by atoms with van der Waals surface area (Å²) in [4.78, 5) is 9.08. The van der Waals surface area contributed by atoms with Gasteiger partial charge in [0.25, 0.3) is 0 Å². The van der Waals surface area contributed by atoms with Gasteiger partial charge < -0.3 is 9.97 Å². The Balaban J connectivity index is 0.000000243. The summed E-state index contributed by atoms with van der Waals surface area (Å²) < 4.78 is 0. The first kappa shape index (κ1) is 34.5. The standard InChI is InChI=1S/C28H32N.C14H14N.Ir/c1-18-9-11-21-22-16-19(25-17-20(13-14-29-25)26(2,3)4)10-12-23(22)27(5,6)28(7,8)24(21)15-18;1-10-4-6-13(7-5-10)14-8-11(2)12(3)9-15-14;/h9,11-17H,1-8H3;4-6,8-9H,1-3H3;/q2*-1;. The van der Waals surface area contributed by atoms with Crippen LogP contribution >= 0.6 is 0 Å². The van der Waals surface area contributed by atoms with E-state index in [2.05, 4.69) is 159 Å². The van der Waals surface area contributed by atoms with Crippen molar-refractivity contribution in [3.05, 3.63) is 130 Å². The van der Waals surface area contributed by atoms with Gasteiger partial charge >= 0.3 is 0 Å². The van der Waals surface area contributed by atoms with Crippen LogP contribution in [-0.4, -0.2) is 9.97 Å². The second-order valence-electron chi connectivity index (χ2n) is 14.6. The van der Waals surface area contributed by atoms with E-state index in [0.29, 0.717) is 0 Å². The zero-order valence-corrected chi connectivity index (χ0v) is 31.1. The Hall–Kier alpha value is -3.39. The van der Waals surface area contributed by atoms with Crippen molar-refractivity contribution < 1.29 is 20.1 Å². The van der Waals surface area contributed by atoms with Crippen molar-refractivity contribution in [1.82, 2.24) is 9.97 Å². The van der Waals surface area contributed by atoms with Crippen LogP contribution in [0.3, 0.4) is 0 Å². The van der Waals surface area contributed by atoms with E-state index in [0.717, 1.165) is 22.5 Å². The quantitative estimate of drug-likeness (QED) is 0.167. The van der Waals surface area contributed by atoms with Crippen LogP contribution in [0.2, 0.25) is 0 Å². The minimum Gasteiger partial charge on any atom is -0.305 e. The molecule has 0 bridgehead atoms. The molecule has 1 radical (unpaired) electrons. The third-order valence-electron chi connectivity index (χ3n) is 9.84. The summed E-state index contributed by atoms with van der Waals surface area (Å²) in [5, 5.41) is 0. The van der Waals surface area contributed by atoms with E-state index in [-0.39, 0.29) is 36.4 Å². The number of fused-ring (bicyclic) bond motifs is 3. The van der Waals surface area contributed by atoms with Gasteiger partial charge in [-0.2, -0.15) is 0 Å². The Kier molecular flexibility index (Phi) is 9.79. The molecule has 5 aromatic rings. The summed E-state index contributed by atoms with van der Waals surface area (Å²) in [6.45, 7) is 24.6. The van der Waals surface area contributed by atoms with Crippen LogP contribution in [0, 0.1) is 39.8 Å². The minimum atomic E-state index is 0. The summed E-state index contributed by atoms with van der Waals surface area (Å²) in [5.74, 6) is 0. The van der Waals surface area contributed by atoms with Gasteiger partial charge in [0.15, 0.2) is 0 Å². The first-order chi connectivity index (χ1) is 20.6. The summed E-state index contributed by atoms with van der Waals surface area (Å²) >= 11 is 0. The molecule has 0 aliphatic heterocycles. The Bertz CT molecular complexity index is 1820.